The Hall–Kier alpha value is -1.45. The van der Waals surface area contributed by atoms with Gasteiger partial charge >= 0.3 is 0 Å². The summed E-state index contributed by atoms with van der Waals surface area (Å²) in [6, 6.07) is 3.82. The molecular weight excluding hydrogens is 226 g/mol. The second-order valence-corrected chi connectivity index (χ2v) is 5.59. The van der Waals surface area contributed by atoms with Crippen LogP contribution in [0.15, 0.2) is 12.1 Å². The van der Waals surface area contributed by atoms with E-state index in [9.17, 15) is 0 Å². The fraction of sp³-hybridized carbons (Fsp3) is 0.643. The van der Waals surface area contributed by atoms with Gasteiger partial charge in [0.2, 0.25) is 5.88 Å². The molecule has 1 saturated carbocycles. The minimum atomic E-state index is 0.579. The van der Waals surface area contributed by atoms with Crippen molar-refractivity contribution in [2.24, 2.45) is 11.8 Å². The maximum Gasteiger partial charge on any atom is 0.239 e. The van der Waals surface area contributed by atoms with Crippen LogP contribution in [0.5, 0.6) is 5.88 Å². The molecule has 0 amide bonds. The summed E-state index contributed by atoms with van der Waals surface area (Å²) in [5.41, 5.74) is 6.51. The zero-order valence-electron chi connectivity index (χ0n) is 11.5. The van der Waals surface area contributed by atoms with Crippen LogP contribution in [0.1, 0.15) is 26.7 Å². The van der Waals surface area contributed by atoms with Crippen molar-refractivity contribution in [3.05, 3.63) is 12.1 Å². The maximum absolute atomic E-state index is 5.89. The molecule has 0 radical (unpaired) electrons. The predicted octanol–water partition coefficient (Wildman–Crippen LogP) is 2.54. The highest BCUT2D eigenvalue weighted by atomic mass is 16.5. The first-order valence-corrected chi connectivity index (χ1v) is 6.66. The van der Waals surface area contributed by atoms with Crippen LogP contribution in [-0.4, -0.2) is 25.2 Å². The van der Waals surface area contributed by atoms with Crippen molar-refractivity contribution in [1.29, 1.82) is 0 Å². The molecule has 0 unspecified atom stereocenters. The van der Waals surface area contributed by atoms with Gasteiger partial charge in [-0.25, -0.2) is 0 Å². The zero-order chi connectivity index (χ0) is 13.1. The fourth-order valence-electron chi connectivity index (χ4n) is 1.89. The topological polar surface area (TPSA) is 51.4 Å². The van der Waals surface area contributed by atoms with Crippen LogP contribution in [0.2, 0.25) is 0 Å². The van der Waals surface area contributed by atoms with E-state index in [1.807, 2.05) is 19.2 Å². The molecule has 1 heterocycles. The normalized spacial score (nSPS) is 14.9. The summed E-state index contributed by atoms with van der Waals surface area (Å²) in [6.45, 7) is 6.10. The van der Waals surface area contributed by atoms with Crippen molar-refractivity contribution in [1.82, 2.24) is 4.98 Å². The number of hydrogen-bond donors (Lipinski definition) is 1. The first-order valence-electron chi connectivity index (χ1n) is 6.66. The molecule has 0 saturated heterocycles. The summed E-state index contributed by atoms with van der Waals surface area (Å²) in [7, 11) is 2.04. The van der Waals surface area contributed by atoms with Gasteiger partial charge in [-0.15, -0.1) is 0 Å². The van der Waals surface area contributed by atoms with Gasteiger partial charge in [-0.05, 0) is 36.8 Å². The van der Waals surface area contributed by atoms with Crippen LogP contribution in [-0.2, 0) is 0 Å². The maximum atomic E-state index is 5.89. The average molecular weight is 249 g/mol. The molecule has 100 valence electrons. The van der Waals surface area contributed by atoms with E-state index in [-0.39, 0.29) is 0 Å². The van der Waals surface area contributed by atoms with Crippen molar-refractivity contribution in [2.75, 3.05) is 30.8 Å². The summed E-state index contributed by atoms with van der Waals surface area (Å²) < 4.78 is 5.69. The van der Waals surface area contributed by atoms with E-state index in [1.54, 1.807) is 0 Å². The van der Waals surface area contributed by atoms with Gasteiger partial charge in [-0.1, -0.05) is 13.8 Å². The number of anilines is 2. The molecular formula is C14H23N3O. The quantitative estimate of drug-likeness (QED) is 0.841. The Kier molecular flexibility index (Phi) is 3.94. The summed E-state index contributed by atoms with van der Waals surface area (Å²) in [5, 5.41) is 0. The molecule has 0 atom stereocenters. The number of nitrogen functional groups attached to an aromatic ring is 1. The van der Waals surface area contributed by atoms with Gasteiger partial charge in [-0.2, -0.15) is 4.98 Å². The van der Waals surface area contributed by atoms with Gasteiger partial charge in [-0.3, -0.25) is 0 Å². The number of ether oxygens (including phenoxy) is 1. The molecule has 1 aliphatic rings. The third kappa shape index (κ3) is 3.52. The molecule has 1 aromatic rings. The first-order chi connectivity index (χ1) is 8.56. The Morgan fingerprint density at radius 2 is 2.17 bits per heavy atom. The standard InChI is InChI=1S/C14H23N3O/c1-10(2)8-17(3)13-7-6-12(15)14(16-13)18-9-11-4-5-11/h6-7,10-11H,4-5,8-9,15H2,1-3H3. The number of hydrogen-bond acceptors (Lipinski definition) is 4. The number of aromatic nitrogens is 1. The molecule has 0 aromatic carbocycles. The molecule has 1 aromatic heterocycles. The number of rotatable bonds is 6. The van der Waals surface area contributed by atoms with Gasteiger partial charge in [0.25, 0.3) is 0 Å². The molecule has 18 heavy (non-hydrogen) atoms. The third-order valence-corrected chi connectivity index (χ3v) is 3.06. The lowest BCUT2D eigenvalue weighted by Crippen LogP contribution is -2.23. The van der Waals surface area contributed by atoms with Crippen LogP contribution in [0.3, 0.4) is 0 Å². The van der Waals surface area contributed by atoms with Crippen molar-refractivity contribution in [3.63, 3.8) is 0 Å². The fourth-order valence-corrected chi connectivity index (χ4v) is 1.89. The Labute approximate surface area is 109 Å². The second-order valence-electron chi connectivity index (χ2n) is 5.59. The highest BCUT2D eigenvalue weighted by Gasteiger charge is 2.22. The van der Waals surface area contributed by atoms with Gasteiger partial charge in [0, 0.05) is 13.6 Å². The lowest BCUT2D eigenvalue weighted by Gasteiger charge is -2.21. The van der Waals surface area contributed by atoms with Gasteiger partial charge in [0.05, 0.1) is 12.3 Å². The number of nitrogens with zero attached hydrogens (tertiary/aromatic N) is 2. The molecule has 0 aliphatic heterocycles. The highest BCUT2D eigenvalue weighted by molar-refractivity contribution is 5.54. The van der Waals surface area contributed by atoms with Crippen molar-refractivity contribution in [2.45, 2.75) is 26.7 Å². The van der Waals surface area contributed by atoms with Crippen LogP contribution < -0.4 is 15.4 Å². The molecule has 0 bridgehead atoms. The van der Waals surface area contributed by atoms with Crippen LogP contribution in [0.25, 0.3) is 0 Å². The Balaban J connectivity index is 2.03. The molecule has 1 aliphatic carbocycles. The minimum absolute atomic E-state index is 0.579. The Morgan fingerprint density at radius 3 is 2.78 bits per heavy atom. The third-order valence-electron chi connectivity index (χ3n) is 3.06. The monoisotopic (exact) mass is 249 g/mol. The van der Waals surface area contributed by atoms with E-state index in [4.69, 9.17) is 10.5 Å². The van der Waals surface area contributed by atoms with Gasteiger partial charge in [0.15, 0.2) is 0 Å². The van der Waals surface area contributed by atoms with Gasteiger partial charge in [0.1, 0.15) is 5.82 Å². The van der Waals surface area contributed by atoms with Crippen molar-refractivity contribution >= 4 is 11.5 Å². The van der Waals surface area contributed by atoms with E-state index in [1.165, 1.54) is 12.8 Å². The van der Waals surface area contributed by atoms with E-state index in [0.717, 1.165) is 19.0 Å². The molecule has 4 heteroatoms. The molecule has 0 spiro atoms. The van der Waals surface area contributed by atoms with Crippen LogP contribution in [0, 0.1) is 11.8 Å². The predicted molar refractivity (Wildman–Crippen MR) is 75.0 cm³/mol. The summed E-state index contributed by atoms with van der Waals surface area (Å²) >= 11 is 0. The number of nitrogens with two attached hydrogens (primary N) is 1. The molecule has 2 N–H and O–H groups in total. The lowest BCUT2D eigenvalue weighted by molar-refractivity contribution is 0.290. The zero-order valence-corrected chi connectivity index (χ0v) is 11.5. The van der Waals surface area contributed by atoms with E-state index >= 15 is 0 Å². The molecule has 4 nitrogen and oxygen atoms in total. The molecule has 1 fully saturated rings. The SMILES string of the molecule is CC(C)CN(C)c1ccc(N)c(OCC2CC2)n1. The number of pyridine rings is 1. The van der Waals surface area contributed by atoms with Gasteiger partial charge < -0.3 is 15.4 Å². The van der Waals surface area contributed by atoms with E-state index < -0.39 is 0 Å². The van der Waals surface area contributed by atoms with Crippen LogP contribution in [0.4, 0.5) is 11.5 Å². The second kappa shape index (κ2) is 5.46. The highest BCUT2D eigenvalue weighted by Crippen LogP contribution is 2.31. The Bertz CT molecular complexity index is 402. The first kappa shape index (κ1) is 13.0. The van der Waals surface area contributed by atoms with E-state index in [0.29, 0.717) is 23.4 Å². The minimum Gasteiger partial charge on any atom is -0.476 e. The molecule has 2 rings (SSSR count). The smallest absolute Gasteiger partial charge is 0.239 e. The van der Waals surface area contributed by atoms with Crippen molar-refractivity contribution < 1.29 is 4.74 Å². The summed E-state index contributed by atoms with van der Waals surface area (Å²) in [4.78, 5) is 6.64. The average Bonchev–Trinajstić information content (AvgIpc) is 3.10. The van der Waals surface area contributed by atoms with Crippen molar-refractivity contribution in [3.8, 4) is 5.88 Å². The lowest BCUT2D eigenvalue weighted by atomic mass is 10.2. The Morgan fingerprint density at radius 1 is 1.44 bits per heavy atom. The summed E-state index contributed by atoms with van der Waals surface area (Å²) in [5.74, 6) is 2.81. The van der Waals surface area contributed by atoms with Crippen LogP contribution >= 0.6 is 0 Å². The summed E-state index contributed by atoms with van der Waals surface area (Å²) in [6.07, 6.45) is 2.54. The largest absolute Gasteiger partial charge is 0.476 e. The van der Waals surface area contributed by atoms with E-state index in [2.05, 4.69) is 23.7 Å².